The fraction of sp³-hybridized carbons (Fsp3) is 0.333. The number of nitrogens with one attached hydrogen (secondary N) is 1. The molecular formula is C12H12N4OS. The van der Waals surface area contributed by atoms with Crippen LogP contribution in [0.4, 0.5) is 5.13 Å². The van der Waals surface area contributed by atoms with Crippen molar-refractivity contribution in [3.63, 3.8) is 0 Å². The molecule has 0 spiro atoms. The molecule has 1 fully saturated rings. The Kier molecular flexibility index (Phi) is 2.79. The molecule has 1 aliphatic rings. The number of aryl methyl sites for hydroxylation is 1. The first-order chi connectivity index (χ1) is 8.72. The van der Waals surface area contributed by atoms with Gasteiger partial charge in [-0.25, -0.2) is 0 Å². The van der Waals surface area contributed by atoms with E-state index in [0.29, 0.717) is 16.6 Å². The lowest BCUT2D eigenvalue weighted by Crippen LogP contribution is -2.12. The summed E-state index contributed by atoms with van der Waals surface area (Å²) in [7, 11) is 0. The summed E-state index contributed by atoms with van der Waals surface area (Å²) in [6.45, 7) is 1.88. The second-order valence-corrected chi connectivity index (χ2v) is 5.37. The molecule has 0 saturated heterocycles. The number of nitrogens with zero attached hydrogens (tertiary/aromatic N) is 3. The van der Waals surface area contributed by atoms with Gasteiger partial charge in [-0.2, -0.15) is 0 Å². The second kappa shape index (κ2) is 4.45. The highest BCUT2D eigenvalue weighted by atomic mass is 32.1. The quantitative estimate of drug-likeness (QED) is 0.920. The van der Waals surface area contributed by atoms with Crippen molar-refractivity contribution >= 4 is 22.4 Å². The maximum absolute atomic E-state index is 11.9. The third kappa shape index (κ3) is 2.38. The van der Waals surface area contributed by atoms with Gasteiger partial charge in [0, 0.05) is 17.8 Å². The molecule has 2 aromatic heterocycles. The molecule has 3 rings (SSSR count). The van der Waals surface area contributed by atoms with E-state index in [1.807, 2.05) is 13.0 Å². The lowest BCUT2D eigenvalue weighted by molar-refractivity contribution is 0.102. The Morgan fingerprint density at radius 3 is 2.89 bits per heavy atom. The van der Waals surface area contributed by atoms with E-state index in [9.17, 15) is 4.79 Å². The molecule has 0 radical (unpaired) electrons. The summed E-state index contributed by atoms with van der Waals surface area (Å²) in [4.78, 5) is 16.0. The summed E-state index contributed by atoms with van der Waals surface area (Å²) < 4.78 is 0. The van der Waals surface area contributed by atoms with Gasteiger partial charge in [-0.1, -0.05) is 11.3 Å². The molecule has 1 aliphatic carbocycles. The number of pyridine rings is 1. The van der Waals surface area contributed by atoms with Crippen molar-refractivity contribution in [3.05, 3.63) is 34.6 Å². The molecule has 1 N–H and O–H groups in total. The van der Waals surface area contributed by atoms with Crippen molar-refractivity contribution in [2.24, 2.45) is 0 Å². The minimum absolute atomic E-state index is 0.194. The number of aromatic nitrogens is 3. The van der Waals surface area contributed by atoms with Crippen LogP contribution in [0.5, 0.6) is 0 Å². The minimum atomic E-state index is -0.194. The van der Waals surface area contributed by atoms with Crippen molar-refractivity contribution in [2.75, 3.05) is 5.32 Å². The summed E-state index contributed by atoms with van der Waals surface area (Å²) >= 11 is 1.46. The molecule has 1 saturated carbocycles. The van der Waals surface area contributed by atoms with Gasteiger partial charge < -0.3 is 0 Å². The third-order valence-electron chi connectivity index (χ3n) is 2.76. The van der Waals surface area contributed by atoms with Crippen LogP contribution in [-0.2, 0) is 0 Å². The zero-order chi connectivity index (χ0) is 12.5. The molecule has 2 heterocycles. The standard InChI is InChI=1S/C12H12N4OS/c1-7-2-3-9(6-13-7)10(17)14-12-16-15-11(18-12)8-4-5-8/h2-3,6,8H,4-5H2,1H3,(H,14,16,17). The van der Waals surface area contributed by atoms with E-state index in [2.05, 4.69) is 20.5 Å². The summed E-state index contributed by atoms with van der Waals surface area (Å²) in [5.74, 6) is 0.371. The Balaban J connectivity index is 1.70. The highest BCUT2D eigenvalue weighted by Crippen LogP contribution is 2.42. The maximum Gasteiger partial charge on any atom is 0.259 e. The van der Waals surface area contributed by atoms with Gasteiger partial charge in [-0.05, 0) is 31.9 Å². The van der Waals surface area contributed by atoms with E-state index in [1.54, 1.807) is 12.3 Å². The third-order valence-corrected chi connectivity index (χ3v) is 3.76. The van der Waals surface area contributed by atoms with Crippen LogP contribution in [0.15, 0.2) is 18.3 Å². The van der Waals surface area contributed by atoms with Gasteiger partial charge in [0.15, 0.2) is 0 Å². The average Bonchev–Trinajstić information content (AvgIpc) is 3.11. The van der Waals surface area contributed by atoms with Gasteiger partial charge in [-0.15, -0.1) is 10.2 Å². The highest BCUT2D eigenvalue weighted by Gasteiger charge is 2.27. The molecule has 2 aromatic rings. The fourth-order valence-corrected chi connectivity index (χ4v) is 2.46. The zero-order valence-corrected chi connectivity index (χ0v) is 10.7. The van der Waals surface area contributed by atoms with Gasteiger partial charge in [0.25, 0.3) is 5.91 Å². The van der Waals surface area contributed by atoms with Gasteiger partial charge in [0.2, 0.25) is 5.13 Å². The fourth-order valence-electron chi connectivity index (χ4n) is 1.55. The molecule has 0 atom stereocenters. The normalized spacial score (nSPS) is 14.5. The predicted molar refractivity (Wildman–Crippen MR) is 68.8 cm³/mol. The number of anilines is 1. The van der Waals surface area contributed by atoms with Crippen LogP contribution in [0.3, 0.4) is 0 Å². The SMILES string of the molecule is Cc1ccc(C(=O)Nc2nnc(C3CC3)s2)cn1. The largest absolute Gasteiger partial charge is 0.296 e. The Morgan fingerprint density at radius 2 is 2.22 bits per heavy atom. The number of rotatable bonds is 3. The van der Waals surface area contributed by atoms with Crippen LogP contribution >= 0.6 is 11.3 Å². The molecule has 0 aromatic carbocycles. The van der Waals surface area contributed by atoms with Gasteiger partial charge in [0.1, 0.15) is 5.01 Å². The minimum Gasteiger partial charge on any atom is -0.296 e. The Bertz CT molecular complexity index is 574. The van der Waals surface area contributed by atoms with Crippen LogP contribution in [-0.4, -0.2) is 21.1 Å². The van der Waals surface area contributed by atoms with Crippen LogP contribution in [0.1, 0.15) is 39.8 Å². The first-order valence-corrected chi connectivity index (χ1v) is 6.61. The van der Waals surface area contributed by atoms with Crippen molar-refractivity contribution in [2.45, 2.75) is 25.7 Å². The topological polar surface area (TPSA) is 67.8 Å². The average molecular weight is 260 g/mol. The first-order valence-electron chi connectivity index (χ1n) is 5.80. The molecule has 5 nitrogen and oxygen atoms in total. The second-order valence-electron chi connectivity index (χ2n) is 4.36. The molecule has 0 aliphatic heterocycles. The smallest absolute Gasteiger partial charge is 0.259 e. The van der Waals surface area contributed by atoms with E-state index in [0.717, 1.165) is 10.7 Å². The zero-order valence-electron chi connectivity index (χ0n) is 9.88. The van der Waals surface area contributed by atoms with Crippen LogP contribution in [0, 0.1) is 6.92 Å². The van der Waals surface area contributed by atoms with E-state index < -0.39 is 0 Å². The van der Waals surface area contributed by atoms with Crippen molar-refractivity contribution in [3.8, 4) is 0 Å². The Hall–Kier alpha value is -1.82. The number of carbonyl (C=O) groups is 1. The summed E-state index contributed by atoms with van der Waals surface area (Å²) in [6.07, 6.45) is 3.93. The highest BCUT2D eigenvalue weighted by molar-refractivity contribution is 7.15. The first kappa shape index (κ1) is 11.3. The molecule has 92 valence electrons. The number of hydrogen-bond donors (Lipinski definition) is 1. The molecular weight excluding hydrogens is 248 g/mol. The van der Waals surface area contributed by atoms with Crippen molar-refractivity contribution < 1.29 is 4.79 Å². The monoisotopic (exact) mass is 260 g/mol. The van der Waals surface area contributed by atoms with Gasteiger partial charge in [-0.3, -0.25) is 15.1 Å². The van der Waals surface area contributed by atoms with E-state index in [-0.39, 0.29) is 5.91 Å². The molecule has 18 heavy (non-hydrogen) atoms. The lowest BCUT2D eigenvalue weighted by atomic mass is 10.2. The molecule has 0 unspecified atom stereocenters. The van der Waals surface area contributed by atoms with Gasteiger partial charge in [0.05, 0.1) is 5.56 Å². The Labute approximate surface area is 108 Å². The lowest BCUT2D eigenvalue weighted by Gasteiger charge is -2.00. The molecule has 6 heteroatoms. The van der Waals surface area contributed by atoms with Gasteiger partial charge >= 0.3 is 0 Å². The van der Waals surface area contributed by atoms with Crippen LogP contribution in [0.25, 0.3) is 0 Å². The van der Waals surface area contributed by atoms with Crippen LogP contribution < -0.4 is 5.32 Å². The van der Waals surface area contributed by atoms with E-state index in [1.165, 1.54) is 24.2 Å². The predicted octanol–water partition coefficient (Wildman–Crippen LogP) is 2.37. The summed E-state index contributed by atoms with van der Waals surface area (Å²) in [5.41, 5.74) is 1.42. The number of hydrogen-bond acceptors (Lipinski definition) is 5. The molecule has 1 amide bonds. The van der Waals surface area contributed by atoms with Crippen LogP contribution in [0.2, 0.25) is 0 Å². The van der Waals surface area contributed by atoms with Crippen molar-refractivity contribution in [1.29, 1.82) is 0 Å². The maximum atomic E-state index is 11.9. The molecule has 0 bridgehead atoms. The summed E-state index contributed by atoms with van der Waals surface area (Å²) in [6, 6.07) is 3.56. The van der Waals surface area contributed by atoms with E-state index >= 15 is 0 Å². The Morgan fingerprint density at radius 1 is 1.39 bits per heavy atom. The number of carbonyl (C=O) groups excluding carboxylic acids is 1. The van der Waals surface area contributed by atoms with E-state index in [4.69, 9.17) is 0 Å². The van der Waals surface area contributed by atoms with Crippen molar-refractivity contribution in [1.82, 2.24) is 15.2 Å². The number of amides is 1. The summed E-state index contributed by atoms with van der Waals surface area (Å²) in [5, 5.41) is 12.4.